The van der Waals surface area contributed by atoms with Gasteiger partial charge in [0.2, 0.25) is 0 Å². The normalized spacial score (nSPS) is 28.4. The SMILES string of the molecule is O=S([O-])NCc1ccc(C(O)CN2C[C@@H]3CC(O)(Cc4ccccc4)C[C@@H]3C2)nc1. The number of hydrogen-bond acceptors (Lipinski definition) is 6. The molecule has 3 unspecified atom stereocenters. The Morgan fingerprint density at radius 1 is 1.17 bits per heavy atom. The first-order valence-corrected chi connectivity index (χ1v) is 11.4. The first-order valence-electron chi connectivity index (χ1n) is 10.3. The highest BCUT2D eigenvalue weighted by atomic mass is 32.2. The molecule has 1 saturated carbocycles. The fourth-order valence-corrected chi connectivity index (χ4v) is 5.33. The maximum absolute atomic E-state index is 11.1. The lowest BCUT2D eigenvalue weighted by Crippen LogP contribution is -2.33. The van der Waals surface area contributed by atoms with Crippen LogP contribution in [0.15, 0.2) is 48.7 Å². The molecule has 2 aliphatic rings. The highest BCUT2D eigenvalue weighted by molar-refractivity contribution is 7.77. The molecule has 5 atom stereocenters. The maximum atomic E-state index is 11.1. The van der Waals surface area contributed by atoms with E-state index in [-0.39, 0.29) is 6.54 Å². The number of aliphatic hydroxyl groups excluding tert-OH is 1. The molecule has 1 aromatic carbocycles. The Morgan fingerprint density at radius 2 is 1.87 bits per heavy atom. The molecule has 8 heteroatoms. The highest BCUT2D eigenvalue weighted by Gasteiger charge is 2.48. The van der Waals surface area contributed by atoms with E-state index >= 15 is 0 Å². The van der Waals surface area contributed by atoms with Crippen molar-refractivity contribution in [1.29, 1.82) is 0 Å². The summed E-state index contributed by atoms with van der Waals surface area (Å²) < 4.78 is 23.4. The molecule has 7 nitrogen and oxygen atoms in total. The quantitative estimate of drug-likeness (QED) is 0.545. The van der Waals surface area contributed by atoms with Crippen LogP contribution in [-0.2, 0) is 24.2 Å². The van der Waals surface area contributed by atoms with Crippen LogP contribution >= 0.6 is 0 Å². The summed E-state index contributed by atoms with van der Waals surface area (Å²) in [5, 5.41) is 21.7. The Hall–Kier alpha value is -1.68. The number of rotatable bonds is 8. The zero-order valence-electron chi connectivity index (χ0n) is 16.8. The summed E-state index contributed by atoms with van der Waals surface area (Å²) >= 11 is -2.31. The third kappa shape index (κ3) is 5.32. The van der Waals surface area contributed by atoms with Crippen LogP contribution in [0.3, 0.4) is 0 Å². The number of nitrogens with one attached hydrogen (secondary N) is 1. The van der Waals surface area contributed by atoms with Gasteiger partial charge in [-0.05, 0) is 41.9 Å². The molecule has 2 fully saturated rings. The number of pyridine rings is 1. The fourth-order valence-electron chi connectivity index (χ4n) is 5.05. The van der Waals surface area contributed by atoms with E-state index in [0.717, 1.165) is 31.5 Å². The molecule has 2 heterocycles. The van der Waals surface area contributed by atoms with Crippen LogP contribution in [-0.4, -0.2) is 54.1 Å². The summed E-state index contributed by atoms with van der Waals surface area (Å²) in [6.07, 6.45) is 3.21. The minimum absolute atomic E-state index is 0.181. The summed E-state index contributed by atoms with van der Waals surface area (Å²) in [5.41, 5.74) is 1.88. The molecule has 0 bridgehead atoms. The zero-order valence-corrected chi connectivity index (χ0v) is 17.6. The van der Waals surface area contributed by atoms with Crippen LogP contribution in [0.2, 0.25) is 0 Å². The van der Waals surface area contributed by atoms with Crippen molar-refractivity contribution in [2.45, 2.75) is 37.5 Å². The number of aliphatic hydroxyl groups is 2. The number of nitrogens with zero attached hydrogens (tertiary/aromatic N) is 2. The monoisotopic (exact) mass is 430 g/mol. The van der Waals surface area contributed by atoms with E-state index in [9.17, 15) is 19.0 Å². The second-order valence-electron chi connectivity index (χ2n) is 8.70. The van der Waals surface area contributed by atoms with Gasteiger partial charge in [0.1, 0.15) is 6.10 Å². The number of hydrogen-bond donors (Lipinski definition) is 3. The van der Waals surface area contributed by atoms with Crippen molar-refractivity contribution in [2.24, 2.45) is 11.8 Å². The summed E-state index contributed by atoms with van der Waals surface area (Å²) in [5.74, 6) is 0.917. The number of benzene rings is 1. The van der Waals surface area contributed by atoms with Crippen molar-refractivity contribution >= 4 is 11.3 Å². The van der Waals surface area contributed by atoms with Gasteiger partial charge in [-0.1, -0.05) is 36.4 Å². The predicted octanol–water partition coefficient (Wildman–Crippen LogP) is 1.31. The smallest absolute Gasteiger partial charge is 0.109 e. The highest BCUT2D eigenvalue weighted by Crippen LogP contribution is 2.45. The van der Waals surface area contributed by atoms with E-state index in [1.165, 1.54) is 5.56 Å². The van der Waals surface area contributed by atoms with Crippen molar-refractivity contribution in [2.75, 3.05) is 19.6 Å². The van der Waals surface area contributed by atoms with Gasteiger partial charge < -0.3 is 14.8 Å². The van der Waals surface area contributed by atoms with Gasteiger partial charge >= 0.3 is 0 Å². The van der Waals surface area contributed by atoms with E-state index in [0.29, 0.717) is 30.5 Å². The zero-order chi connectivity index (χ0) is 21.1. The van der Waals surface area contributed by atoms with Crippen LogP contribution in [0, 0.1) is 11.8 Å². The van der Waals surface area contributed by atoms with Gasteiger partial charge in [-0.3, -0.25) is 14.1 Å². The van der Waals surface area contributed by atoms with Crippen LogP contribution < -0.4 is 4.72 Å². The third-order valence-corrected chi connectivity index (χ3v) is 6.71. The van der Waals surface area contributed by atoms with Crippen molar-refractivity contribution in [3.8, 4) is 0 Å². The second-order valence-corrected chi connectivity index (χ2v) is 9.45. The molecule has 2 aromatic rings. The molecule has 1 aliphatic carbocycles. The fraction of sp³-hybridized carbons (Fsp3) is 0.500. The summed E-state index contributed by atoms with van der Waals surface area (Å²) in [6.45, 7) is 2.46. The second kappa shape index (κ2) is 9.21. The lowest BCUT2D eigenvalue weighted by atomic mass is 9.91. The molecule has 1 aromatic heterocycles. The van der Waals surface area contributed by atoms with Gasteiger partial charge in [0.25, 0.3) is 0 Å². The van der Waals surface area contributed by atoms with E-state index in [4.69, 9.17) is 0 Å². The summed E-state index contributed by atoms with van der Waals surface area (Å²) in [4.78, 5) is 6.55. The van der Waals surface area contributed by atoms with E-state index in [1.54, 1.807) is 18.3 Å². The lowest BCUT2D eigenvalue weighted by Gasteiger charge is -2.27. The van der Waals surface area contributed by atoms with Gasteiger partial charge in [-0.25, -0.2) is 4.72 Å². The predicted molar refractivity (Wildman–Crippen MR) is 113 cm³/mol. The minimum Gasteiger partial charge on any atom is -0.760 e. The van der Waals surface area contributed by atoms with Crippen LogP contribution in [0.5, 0.6) is 0 Å². The van der Waals surface area contributed by atoms with E-state index < -0.39 is 23.0 Å². The van der Waals surface area contributed by atoms with E-state index in [2.05, 4.69) is 26.7 Å². The number of aromatic nitrogens is 1. The van der Waals surface area contributed by atoms with Gasteiger partial charge in [0.15, 0.2) is 0 Å². The largest absolute Gasteiger partial charge is 0.760 e. The molecule has 1 aliphatic heterocycles. The van der Waals surface area contributed by atoms with Gasteiger partial charge in [-0.2, -0.15) is 0 Å². The standard InChI is InChI=1S/C22H29N3O4S/c26-21(20-7-6-17(11-23-20)12-24-30(28)29)15-25-13-18-9-22(27,10-19(18)14-25)8-16-4-2-1-3-5-16/h1-7,11,18-19,21,24,26-27H,8-10,12-15H2,(H,28,29)/p-1/t18-,19+,21?,22?. The topological polar surface area (TPSA) is 109 Å². The van der Waals surface area contributed by atoms with Gasteiger partial charge in [0.05, 0.1) is 11.3 Å². The third-order valence-electron chi connectivity index (χ3n) is 6.33. The molecule has 30 heavy (non-hydrogen) atoms. The van der Waals surface area contributed by atoms with Crippen molar-refractivity contribution in [3.63, 3.8) is 0 Å². The number of likely N-dealkylation sites (tertiary alicyclic amines) is 1. The van der Waals surface area contributed by atoms with Crippen LogP contribution in [0.1, 0.15) is 35.8 Å². The Balaban J connectivity index is 1.27. The maximum Gasteiger partial charge on any atom is 0.109 e. The minimum atomic E-state index is -2.31. The average Bonchev–Trinajstić information content (AvgIpc) is 3.21. The first-order chi connectivity index (χ1) is 14.4. The molecule has 0 radical (unpaired) electrons. The molecule has 3 N–H and O–H groups in total. The van der Waals surface area contributed by atoms with E-state index in [1.807, 2.05) is 18.2 Å². The molecule has 0 spiro atoms. The van der Waals surface area contributed by atoms with Gasteiger partial charge in [0, 0.05) is 50.1 Å². The van der Waals surface area contributed by atoms with Crippen molar-refractivity contribution < 1.29 is 19.0 Å². The van der Waals surface area contributed by atoms with Crippen molar-refractivity contribution in [3.05, 3.63) is 65.5 Å². The Morgan fingerprint density at radius 3 is 2.47 bits per heavy atom. The molecular weight excluding hydrogens is 402 g/mol. The molecule has 0 amide bonds. The first kappa shape index (κ1) is 21.5. The van der Waals surface area contributed by atoms with Gasteiger partial charge in [-0.15, -0.1) is 0 Å². The Labute approximate surface area is 179 Å². The molecular formula is C22H28N3O4S-. The Bertz CT molecular complexity index is 850. The van der Waals surface area contributed by atoms with Crippen LogP contribution in [0.4, 0.5) is 0 Å². The molecule has 1 saturated heterocycles. The Kier molecular flexibility index (Phi) is 6.62. The average molecular weight is 431 g/mol. The summed E-state index contributed by atoms with van der Waals surface area (Å²) in [7, 11) is 0. The number of β-amino-alcohol motifs (C(OH)–C–C–N with tert-alkyl or cyclic N) is 1. The van der Waals surface area contributed by atoms with Crippen LogP contribution in [0.25, 0.3) is 0 Å². The molecule has 4 rings (SSSR count). The van der Waals surface area contributed by atoms with Crippen molar-refractivity contribution in [1.82, 2.24) is 14.6 Å². The summed E-state index contributed by atoms with van der Waals surface area (Å²) in [6, 6.07) is 13.7. The lowest BCUT2D eigenvalue weighted by molar-refractivity contribution is 0.0327. The number of fused-ring (bicyclic) bond motifs is 1. The molecule has 162 valence electrons.